The summed E-state index contributed by atoms with van der Waals surface area (Å²) in [5, 5.41) is 14.7. The van der Waals surface area contributed by atoms with Gasteiger partial charge in [-0.25, -0.2) is 0 Å². The molecule has 1 aromatic heterocycles. The quantitative estimate of drug-likeness (QED) is 0.872. The average Bonchev–Trinajstić information content (AvgIpc) is 2.63. The predicted molar refractivity (Wildman–Crippen MR) is 76.6 cm³/mol. The van der Waals surface area contributed by atoms with E-state index >= 15 is 0 Å². The molecule has 0 saturated heterocycles. The molecule has 1 aromatic carbocycles. The van der Waals surface area contributed by atoms with E-state index in [2.05, 4.69) is 35.8 Å². The molecule has 0 aliphatic heterocycles. The minimum atomic E-state index is -0.949. The van der Waals surface area contributed by atoms with E-state index in [4.69, 9.17) is 0 Å². The molecule has 0 saturated carbocycles. The summed E-state index contributed by atoms with van der Waals surface area (Å²) in [7, 11) is 0. The van der Waals surface area contributed by atoms with E-state index in [0.29, 0.717) is 0 Å². The van der Waals surface area contributed by atoms with Crippen molar-refractivity contribution in [1.29, 1.82) is 0 Å². The molecule has 1 atom stereocenters. The van der Waals surface area contributed by atoms with Gasteiger partial charge in [-0.15, -0.1) is 0 Å². The van der Waals surface area contributed by atoms with Crippen molar-refractivity contribution in [2.45, 2.75) is 26.4 Å². The van der Waals surface area contributed by atoms with E-state index in [-0.39, 0.29) is 0 Å². The van der Waals surface area contributed by atoms with Crippen LogP contribution in [0.1, 0.15) is 29.2 Å². The van der Waals surface area contributed by atoms with Gasteiger partial charge in [-0.3, -0.25) is 0 Å². The number of hydrogen-bond acceptors (Lipinski definition) is 2. The van der Waals surface area contributed by atoms with Crippen molar-refractivity contribution < 1.29 is 5.11 Å². The van der Waals surface area contributed by atoms with Crippen LogP contribution < -0.4 is 0 Å². The molecule has 17 heavy (non-hydrogen) atoms. The van der Waals surface area contributed by atoms with Crippen LogP contribution in [0.15, 0.2) is 33.4 Å². The summed E-state index contributed by atoms with van der Waals surface area (Å²) in [6.07, 6.45) is 0. The standard InChI is InChI=1S/C14H15BrOS/c1-9-4-10(2)6-11(5-9)14(3,16)12-7-17-8-13(12)15/h4-8,16H,1-3H3. The lowest BCUT2D eigenvalue weighted by atomic mass is 9.88. The number of hydrogen-bond donors (Lipinski definition) is 1. The van der Waals surface area contributed by atoms with Crippen molar-refractivity contribution in [1.82, 2.24) is 0 Å². The van der Waals surface area contributed by atoms with Gasteiger partial charge in [0.2, 0.25) is 0 Å². The highest BCUT2D eigenvalue weighted by Crippen LogP contribution is 2.36. The highest BCUT2D eigenvalue weighted by atomic mass is 79.9. The minimum absolute atomic E-state index is 0.924. The zero-order valence-electron chi connectivity index (χ0n) is 10.1. The first-order valence-corrected chi connectivity index (χ1v) is 7.18. The lowest BCUT2D eigenvalue weighted by molar-refractivity contribution is 0.102. The Morgan fingerprint density at radius 2 is 1.71 bits per heavy atom. The van der Waals surface area contributed by atoms with Crippen LogP contribution in [0, 0.1) is 13.8 Å². The predicted octanol–water partition coefficient (Wildman–Crippen LogP) is 4.38. The lowest BCUT2D eigenvalue weighted by Crippen LogP contribution is -2.22. The molecule has 0 spiro atoms. The monoisotopic (exact) mass is 310 g/mol. The molecule has 0 aliphatic carbocycles. The summed E-state index contributed by atoms with van der Waals surface area (Å²) in [6, 6.07) is 6.19. The van der Waals surface area contributed by atoms with Crippen LogP contribution in [0.2, 0.25) is 0 Å². The molecule has 2 rings (SSSR count). The van der Waals surface area contributed by atoms with Gasteiger partial charge < -0.3 is 5.11 Å². The Labute approximate surface area is 114 Å². The summed E-state index contributed by atoms with van der Waals surface area (Å²) in [5.74, 6) is 0. The van der Waals surface area contributed by atoms with Crippen molar-refractivity contribution in [3.05, 3.63) is 55.7 Å². The van der Waals surface area contributed by atoms with E-state index in [1.54, 1.807) is 11.3 Å². The summed E-state index contributed by atoms with van der Waals surface area (Å²) < 4.78 is 0.964. The molecule has 0 aliphatic rings. The van der Waals surface area contributed by atoms with E-state index in [1.165, 1.54) is 11.1 Å². The molecule has 1 nitrogen and oxygen atoms in total. The maximum Gasteiger partial charge on any atom is 0.114 e. The van der Waals surface area contributed by atoms with Gasteiger partial charge in [0.05, 0.1) is 0 Å². The summed E-state index contributed by atoms with van der Waals surface area (Å²) in [5.41, 5.74) is 3.26. The first-order chi connectivity index (χ1) is 7.91. The van der Waals surface area contributed by atoms with E-state index in [1.807, 2.05) is 29.8 Å². The molecule has 1 unspecified atom stereocenters. The Bertz CT molecular complexity index is 523. The molecule has 0 bridgehead atoms. The van der Waals surface area contributed by atoms with Gasteiger partial charge in [-0.1, -0.05) is 29.3 Å². The van der Waals surface area contributed by atoms with Crippen molar-refractivity contribution in [3.8, 4) is 0 Å². The van der Waals surface area contributed by atoms with Gasteiger partial charge in [-0.2, -0.15) is 11.3 Å². The van der Waals surface area contributed by atoms with Gasteiger partial charge in [0, 0.05) is 15.4 Å². The molecule has 0 fully saturated rings. The highest BCUT2D eigenvalue weighted by Gasteiger charge is 2.28. The number of aryl methyl sites for hydroxylation is 2. The topological polar surface area (TPSA) is 20.2 Å². The Morgan fingerprint density at radius 3 is 2.18 bits per heavy atom. The summed E-state index contributed by atoms with van der Waals surface area (Å²) in [4.78, 5) is 0. The number of benzene rings is 1. The second-order valence-electron chi connectivity index (χ2n) is 4.58. The largest absolute Gasteiger partial charge is 0.381 e. The van der Waals surface area contributed by atoms with Crippen LogP contribution in [-0.2, 0) is 5.60 Å². The molecular formula is C14H15BrOS. The van der Waals surface area contributed by atoms with Crippen LogP contribution in [-0.4, -0.2) is 5.11 Å². The van der Waals surface area contributed by atoms with E-state index in [9.17, 15) is 5.11 Å². The van der Waals surface area contributed by atoms with E-state index in [0.717, 1.165) is 15.6 Å². The van der Waals surface area contributed by atoms with Crippen LogP contribution in [0.5, 0.6) is 0 Å². The maximum atomic E-state index is 10.8. The van der Waals surface area contributed by atoms with Crippen molar-refractivity contribution >= 4 is 27.3 Å². The Morgan fingerprint density at radius 1 is 1.12 bits per heavy atom. The molecule has 2 aromatic rings. The first kappa shape index (κ1) is 12.8. The fourth-order valence-electron chi connectivity index (χ4n) is 2.04. The maximum absolute atomic E-state index is 10.8. The summed E-state index contributed by atoms with van der Waals surface area (Å²) >= 11 is 5.08. The molecule has 3 heteroatoms. The number of halogens is 1. The van der Waals surface area contributed by atoms with Crippen molar-refractivity contribution in [2.75, 3.05) is 0 Å². The minimum Gasteiger partial charge on any atom is -0.381 e. The van der Waals surface area contributed by atoms with E-state index < -0.39 is 5.60 Å². The van der Waals surface area contributed by atoms with Crippen LogP contribution in [0.4, 0.5) is 0 Å². The zero-order valence-corrected chi connectivity index (χ0v) is 12.5. The number of thiophene rings is 1. The molecule has 0 radical (unpaired) electrons. The smallest absolute Gasteiger partial charge is 0.114 e. The Kier molecular flexibility index (Phi) is 3.43. The zero-order chi connectivity index (χ0) is 12.6. The molecule has 0 amide bonds. The highest BCUT2D eigenvalue weighted by molar-refractivity contribution is 9.10. The third-order valence-electron chi connectivity index (χ3n) is 2.92. The number of rotatable bonds is 2. The second kappa shape index (κ2) is 4.56. The summed E-state index contributed by atoms with van der Waals surface area (Å²) in [6.45, 7) is 5.94. The van der Waals surface area contributed by atoms with Gasteiger partial charge in [-0.05, 0) is 47.6 Å². The lowest BCUT2D eigenvalue weighted by Gasteiger charge is -2.24. The van der Waals surface area contributed by atoms with Crippen molar-refractivity contribution in [2.24, 2.45) is 0 Å². The van der Waals surface area contributed by atoms with Crippen molar-refractivity contribution in [3.63, 3.8) is 0 Å². The number of aliphatic hydroxyl groups is 1. The van der Waals surface area contributed by atoms with Gasteiger partial charge in [0.15, 0.2) is 0 Å². The van der Waals surface area contributed by atoms with Gasteiger partial charge >= 0.3 is 0 Å². The SMILES string of the molecule is Cc1cc(C)cc(C(C)(O)c2cscc2Br)c1. The molecule has 90 valence electrons. The third-order valence-corrected chi connectivity index (χ3v) is 4.63. The van der Waals surface area contributed by atoms with Crippen LogP contribution in [0.3, 0.4) is 0 Å². The fourth-order valence-corrected chi connectivity index (χ4v) is 3.82. The third kappa shape index (κ3) is 2.46. The van der Waals surface area contributed by atoms with Crippen LogP contribution >= 0.6 is 27.3 Å². The Balaban J connectivity index is 2.55. The fraction of sp³-hybridized carbons (Fsp3) is 0.286. The molecular weight excluding hydrogens is 296 g/mol. The second-order valence-corrected chi connectivity index (χ2v) is 6.18. The Hall–Kier alpha value is -0.640. The van der Waals surface area contributed by atoms with Gasteiger partial charge in [0.25, 0.3) is 0 Å². The normalized spacial score (nSPS) is 14.6. The van der Waals surface area contributed by atoms with Crippen LogP contribution in [0.25, 0.3) is 0 Å². The average molecular weight is 311 g/mol. The molecule has 1 heterocycles. The molecule has 1 N–H and O–H groups in total. The van der Waals surface area contributed by atoms with Gasteiger partial charge in [0.1, 0.15) is 5.60 Å². The first-order valence-electron chi connectivity index (χ1n) is 5.44.